The summed E-state index contributed by atoms with van der Waals surface area (Å²) in [4.78, 5) is 11.3. The highest BCUT2D eigenvalue weighted by molar-refractivity contribution is 5.76. The summed E-state index contributed by atoms with van der Waals surface area (Å²) in [6.45, 7) is 4.57. The molecule has 0 aliphatic carbocycles. The molecule has 0 radical (unpaired) electrons. The largest absolute Gasteiger partial charge is 0.492 e. The highest BCUT2D eigenvalue weighted by Crippen LogP contribution is 2.20. The number of primary amides is 1. The minimum Gasteiger partial charge on any atom is -0.492 e. The van der Waals surface area contributed by atoms with E-state index < -0.39 is 0 Å². The molecule has 18 heavy (non-hydrogen) atoms. The number of unbranched alkanes of at least 4 members (excludes halogenated alkanes) is 1. The van der Waals surface area contributed by atoms with E-state index >= 15 is 0 Å². The second kappa shape index (κ2) is 7.75. The average Bonchev–Trinajstić information content (AvgIpc) is 2.38. The molecule has 3 nitrogen and oxygen atoms in total. The van der Waals surface area contributed by atoms with Gasteiger partial charge in [0, 0.05) is 0 Å². The van der Waals surface area contributed by atoms with Gasteiger partial charge in [0.25, 0.3) is 0 Å². The van der Waals surface area contributed by atoms with E-state index in [1.165, 1.54) is 0 Å². The van der Waals surface area contributed by atoms with Crippen LogP contribution in [0.25, 0.3) is 0 Å². The lowest BCUT2D eigenvalue weighted by molar-refractivity contribution is -0.122. The van der Waals surface area contributed by atoms with E-state index in [1.54, 1.807) is 0 Å². The van der Waals surface area contributed by atoms with Crippen molar-refractivity contribution < 1.29 is 9.53 Å². The number of carbonyl (C=O) groups excluding carboxylic acids is 1. The van der Waals surface area contributed by atoms with Crippen LogP contribution < -0.4 is 10.5 Å². The summed E-state index contributed by atoms with van der Waals surface area (Å²) in [6.07, 6.45) is 3.80. The summed E-state index contributed by atoms with van der Waals surface area (Å²) in [5.41, 5.74) is 6.56. The Balaban J connectivity index is 2.58. The second-order valence-corrected chi connectivity index (χ2v) is 4.51. The predicted molar refractivity (Wildman–Crippen MR) is 73.5 cm³/mol. The molecule has 0 aromatic heterocycles. The number of ether oxygens (including phenoxy) is 1. The number of hydrogen-bond donors (Lipinski definition) is 1. The van der Waals surface area contributed by atoms with E-state index in [2.05, 4.69) is 13.8 Å². The smallest absolute Gasteiger partial charge is 0.223 e. The number of carbonyl (C=O) groups is 1. The van der Waals surface area contributed by atoms with Gasteiger partial charge < -0.3 is 10.5 Å². The van der Waals surface area contributed by atoms with Crippen LogP contribution in [0.3, 0.4) is 0 Å². The topological polar surface area (TPSA) is 52.3 Å². The Morgan fingerprint density at radius 1 is 1.33 bits per heavy atom. The molecule has 1 rings (SSSR count). The fourth-order valence-corrected chi connectivity index (χ4v) is 1.89. The lowest BCUT2D eigenvalue weighted by atomic mass is 10.0. The lowest BCUT2D eigenvalue weighted by Gasteiger charge is -2.16. The normalized spacial score (nSPS) is 12.1. The van der Waals surface area contributed by atoms with Gasteiger partial charge in [-0.05, 0) is 24.5 Å². The van der Waals surface area contributed by atoms with Gasteiger partial charge in [0.1, 0.15) is 5.75 Å². The Morgan fingerprint density at radius 3 is 2.67 bits per heavy atom. The fraction of sp³-hybridized carbons (Fsp3) is 0.533. The van der Waals surface area contributed by atoms with E-state index in [4.69, 9.17) is 10.5 Å². The number of nitrogens with two attached hydrogens (primary N) is 1. The van der Waals surface area contributed by atoms with E-state index in [-0.39, 0.29) is 11.8 Å². The van der Waals surface area contributed by atoms with Crippen molar-refractivity contribution in [2.45, 2.75) is 39.5 Å². The summed E-state index contributed by atoms with van der Waals surface area (Å²) >= 11 is 0. The Kier molecular flexibility index (Phi) is 6.26. The molecule has 0 bridgehead atoms. The van der Waals surface area contributed by atoms with Crippen LogP contribution in [0.1, 0.15) is 38.7 Å². The molecule has 3 heteroatoms. The molecule has 100 valence electrons. The summed E-state index contributed by atoms with van der Waals surface area (Å²) < 4.78 is 5.75. The summed E-state index contributed by atoms with van der Waals surface area (Å²) in [7, 11) is 0. The molecule has 0 aliphatic heterocycles. The number of benzene rings is 1. The molecule has 1 amide bonds. The Labute approximate surface area is 109 Å². The maximum Gasteiger partial charge on any atom is 0.223 e. The van der Waals surface area contributed by atoms with Crippen molar-refractivity contribution in [1.29, 1.82) is 0 Å². The first-order chi connectivity index (χ1) is 8.69. The SMILES string of the molecule is CCCC[C@@H](COc1ccccc1CC)C(N)=O. The molecule has 1 aromatic rings. The van der Waals surface area contributed by atoms with Crippen LogP contribution in [0.5, 0.6) is 5.75 Å². The number of para-hydroxylation sites is 1. The highest BCUT2D eigenvalue weighted by Gasteiger charge is 2.16. The zero-order valence-corrected chi connectivity index (χ0v) is 11.3. The van der Waals surface area contributed by atoms with Crippen molar-refractivity contribution in [3.05, 3.63) is 29.8 Å². The third-order valence-corrected chi connectivity index (χ3v) is 3.10. The van der Waals surface area contributed by atoms with Crippen molar-refractivity contribution >= 4 is 5.91 Å². The molecule has 0 unspecified atom stereocenters. The molecule has 0 saturated carbocycles. The Bertz CT molecular complexity index is 377. The van der Waals surface area contributed by atoms with Gasteiger partial charge in [-0.2, -0.15) is 0 Å². The molecular weight excluding hydrogens is 226 g/mol. The maximum absolute atomic E-state index is 11.3. The zero-order chi connectivity index (χ0) is 13.4. The zero-order valence-electron chi connectivity index (χ0n) is 11.3. The van der Waals surface area contributed by atoms with Gasteiger partial charge in [0.05, 0.1) is 12.5 Å². The third-order valence-electron chi connectivity index (χ3n) is 3.10. The van der Waals surface area contributed by atoms with Gasteiger partial charge in [0.2, 0.25) is 5.91 Å². The van der Waals surface area contributed by atoms with Crippen LogP contribution in [0, 0.1) is 5.92 Å². The molecule has 0 saturated heterocycles. The third kappa shape index (κ3) is 4.40. The molecule has 0 heterocycles. The standard InChI is InChI=1S/C15H23NO2/c1-3-5-8-13(15(16)17)11-18-14-10-7-6-9-12(14)4-2/h6-7,9-10,13H,3-5,8,11H2,1-2H3,(H2,16,17)/t13-/m0/s1. The number of hydrogen-bond acceptors (Lipinski definition) is 2. The number of amides is 1. The van der Waals surface area contributed by atoms with E-state index in [0.29, 0.717) is 6.61 Å². The minimum absolute atomic E-state index is 0.185. The predicted octanol–water partition coefficient (Wildman–Crippen LogP) is 2.92. The van der Waals surface area contributed by atoms with Crippen LogP contribution in [0.15, 0.2) is 24.3 Å². The minimum atomic E-state index is -0.266. The van der Waals surface area contributed by atoms with E-state index in [0.717, 1.165) is 37.0 Å². The molecule has 1 atom stereocenters. The van der Waals surface area contributed by atoms with Gasteiger partial charge in [-0.15, -0.1) is 0 Å². The van der Waals surface area contributed by atoms with E-state index in [1.807, 2.05) is 24.3 Å². The van der Waals surface area contributed by atoms with Gasteiger partial charge >= 0.3 is 0 Å². The lowest BCUT2D eigenvalue weighted by Crippen LogP contribution is -2.28. The quantitative estimate of drug-likeness (QED) is 0.770. The summed E-state index contributed by atoms with van der Waals surface area (Å²) in [6, 6.07) is 7.92. The molecule has 2 N–H and O–H groups in total. The second-order valence-electron chi connectivity index (χ2n) is 4.51. The van der Waals surface area contributed by atoms with E-state index in [9.17, 15) is 4.79 Å². The number of rotatable bonds is 8. The monoisotopic (exact) mass is 249 g/mol. The van der Waals surface area contributed by atoms with Crippen LogP contribution in [0.4, 0.5) is 0 Å². The highest BCUT2D eigenvalue weighted by atomic mass is 16.5. The van der Waals surface area contributed by atoms with Gasteiger partial charge in [-0.1, -0.05) is 44.9 Å². The number of aryl methyl sites for hydroxylation is 1. The van der Waals surface area contributed by atoms with Crippen molar-refractivity contribution in [3.8, 4) is 5.75 Å². The first-order valence-electron chi connectivity index (χ1n) is 6.69. The van der Waals surface area contributed by atoms with Crippen LogP contribution in [-0.2, 0) is 11.2 Å². The van der Waals surface area contributed by atoms with Crippen LogP contribution >= 0.6 is 0 Å². The molecule has 0 aliphatic rings. The van der Waals surface area contributed by atoms with Crippen LogP contribution in [0.2, 0.25) is 0 Å². The van der Waals surface area contributed by atoms with Crippen molar-refractivity contribution in [1.82, 2.24) is 0 Å². The average molecular weight is 249 g/mol. The van der Waals surface area contributed by atoms with Gasteiger partial charge in [-0.3, -0.25) is 4.79 Å². The van der Waals surface area contributed by atoms with Gasteiger partial charge in [-0.25, -0.2) is 0 Å². The molecular formula is C15H23NO2. The maximum atomic E-state index is 11.3. The Morgan fingerprint density at radius 2 is 2.06 bits per heavy atom. The summed E-state index contributed by atoms with van der Waals surface area (Å²) in [5, 5.41) is 0. The van der Waals surface area contributed by atoms with Gasteiger partial charge in [0.15, 0.2) is 0 Å². The fourth-order valence-electron chi connectivity index (χ4n) is 1.89. The van der Waals surface area contributed by atoms with Crippen molar-refractivity contribution in [3.63, 3.8) is 0 Å². The van der Waals surface area contributed by atoms with Crippen molar-refractivity contribution in [2.24, 2.45) is 11.7 Å². The molecule has 0 fully saturated rings. The van der Waals surface area contributed by atoms with Crippen LogP contribution in [-0.4, -0.2) is 12.5 Å². The first kappa shape index (κ1) is 14.6. The first-order valence-corrected chi connectivity index (χ1v) is 6.69. The molecule has 0 spiro atoms. The molecule has 1 aromatic carbocycles. The van der Waals surface area contributed by atoms with Crippen molar-refractivity contribution in [2.75, 3.05) is 6.61 Å². The summed E-state index contributed by atoms with van der Waals surface area (Å²) in [5.74, 6) is 0.412. The Hall–Kier alpha value is -1.51.